The van der Waals surface area contributed by atoms with Crippen LogP contribution in [0.2, 0.25) is 0 Å². The van der Waals surface area contributed by atoms with Crippen molar-refractivity contribution in [1.82, 2.24) is 15.0 Å². The van der Waals surface area contributed by atoms with Crippen LogP contribution in [-0.2, 0) is 31.9 Å². The van der Waals surface area contributed by atoms with Crippen molar-refractivity contribution < 1.29 is 28.7 Å². The smallest absolute Gasteiger partial charge is 0.664 e. The Balaban J connectivity index is 0.00000641. The van der Waals surface area contributed by atoms with Crippen molar-refractivity contribution in [1.29, 1.82) is 0 Å². The van der Waals surface area contributed by atoms with Gasteiger partial charge in [0.2, 0.25) is 0 Å². The fourth-order valence-electron chi connectivity index (χ4n) is 8.91. The Morgan fingerprint density at radius 3 is 2.29 bits per heavy atom. The van der Waals surface area contributed by atoms with Crippen molar-refractivity contribution in [3.8, 4) is 0 Å². The van der Waals surface area contributed by atoms with Crippen molar-refractivity contribution in [2.24, 2.45) is 23.7 Å². The number of esters is 2. The monoisotopic (exact) mass is 796 g/mol. The summed E-state index contributed by atoms with van der Waals surface area (Å²) in [5.74, 6) is -2.47. The molecule has 0 spiro atoms. The first-order valence-electron chi connectivity index (χ1n) is 20.7. The molecule has 6 rings (SSSR count). The molecule has 11 heteroatoms. The quantitative estimate of drug-likeness (QED) is 0.0525. The first-order chi connectivity index (χ1) is 27.4. The molecule has 0 saturated carbocycles. The van der Waals surface area contributed by atoms with Crippen molar-refractivity contribution in [2.45, 2.75) is 113 Å². The maximum Gasteiger partial charge on any atom is 2.00 e. The van der Waals surface area contributed by atoms with E-state index in [1.165, 1.54) is 31.9 Å². The van der Waals surface area contributed by atoms with Crippen LogP contribution in [0.3, 0.4) is 0 Å². The largest absolute Gasteiger partial charge is 2.00 e. The Morgan fingerprint density at radius 2 is 1.62 bits per heavy atom. The van der Waals surface area contributed by atoms with Crippen LogP contribution in [0.4, 0.5) is 0 Å². The molecule has 10 nitrogen and oxygen atoms in total. The summed E-state index contributed by atoms with van der Waals surface area (Å²) in [6, 6.07) is 0. The third-order valence-corrected chi connectivity index (χ3v) is 12.2. The van der Waals surface area contributed by atoms with E-state index in [1.807, 2.05) is 45.1 Å². The summed E-state index contributed by atoms with van der Waals surface area (Å²) in [6.07, 6.45) is 16.0. The molecule has 3 aromatic rings. The maximum absolute atomic E-state index is 14.3. The van der Waals surface area contributed by atoms with Crippen LogP contribution in [0, 0.1) is 37.5 Å². The number of aromatic nitrogens is 3. The molecule has 2 aliphatic heterocycles. The second-order valence-corrected chi connectivity index (χ2v) is 16.0. The number of aldehydes is 1. The van der Waals surface area contributed by atoms with Gasteiger partial charge in [0.25, 0.3) is 0 Å². The van der Waals surface area contributed by atoms with E-state index < -0.39 is 17.7 Å². The van der Waals surface area contributed by atoms with E-state index in [0.29, 0.717) is 62.9 Å². The van der Waals surface area contributed by atoms with Crippen LogP contribution in [0.1, 0.15) is 152 Å². The summed E-state index contributed by atoms with van der Waals surface area (Å²) in [5, 5.41) is 6.32. The number of carbonyl (C=O) groups excluding carboxylic acids is 4. The van der Waals surface area contributed by atoms with Crippen LogP contribution < -0.4 is 25.7 Å². The van der Waals surface area contributed by atoms with E-state index >= 15 is 0 Å². The molecule has 0 unspecified atom stereocenters. The molecule has 8 bridgehead atoms. The van der Waals surface area contributed by atoms with Gasteiger partial charge in [-0.3, -0.25) is 19.2 Å². The summed E-state index contributed by atoms with van der Waals surface area (Å²) >= 11 is 0. The van der Waals surface area contributed by atoms with Gasteiger partial charge in [-0.2, -0.15) is 11.4 Å². The predicted octanol–water partition coefficient (Wildman–Crippen LogP) is 6.96. The van der Waals surface area contributed by atoms with Crippen LogP contribution >= 0.6 is 0 Å². The fraction of sp³-hybridized carbons (Fsp3) is 0.489. The molecular weight excluding hydrogens is 741 g/mol. The molecule has 0 radical (unpaired) electrons. The Kier molecular flexibility index (Phi) is 14.8. The third-order valence-electron chi connectivity index (χ3n) is 12.2. The van der Waals surface area contributed by atoms with E-state index in [0.717, 1.165) is 65.2 Å². The summed E-state index contributed by atoms with van der Waals surface area (Å²) in [6.45, 7) is 16.8. The normalized spacial score (nSPS) is 22.2. The number of Topliss-reactive ketones (excluding diaryl/α,β-unsaturated/α-hetero) is 1. The molecule has 0 amide bonds. The average molecular weight is 797 g/mol. The number of carbonyl (C=O) groups is 4. The molecule has 0 aromatic carbocycles. The van der Waals surface area contributed by atoms with Crippen molar-refractivity contribution in [3.05, 3.63) is 95.2 Å². The Labute approximate surface area is 358 Å². The van der Waals surface area contributed by atoms with Gasteiger partial charge in [-0.1, -0.05) is 106 Å². The average Bonchev–Trinajstić information content (AvgIpc) is 3.94. The number of ether oxygens (including phenoxy) is 2. The zero-order valence-corrected chi connectivity index (χ0v) is 37.1. The minimum atomic E-state index is -1.25. The molecule has 5 heterocycles. The summed E-state index contributed by atoms with van der Waals surface area (Å²) in [5.41, 5.74) is 9.56. The minimum absolute atomic E-state index is 0. The van der Waals surface area contributed by atoms with Crippen molar-refractivity contribution >= 4 is 70.9 Å². The second kappa shape index (κ2) is 19.1. The molecule has 4 atom stereocenters. The molecule has 304 valence electrons. The molecule has 1 aliphatic carbocycles. The van der Waals surface area contributed by atoms with Crippen molar-refractivity contribution in [3.63, 3.8) is 0 Å². The Bertz CT molecular complexity index is 2300. The Hall–Kier alpha value is -4.35. The zero-order valence-electron chi connectivity index (χ0n) is 35.7. The van der Waals surface area contributed by atoms with E-state index in [-0.39, 0.29) is 53.9 Å². The van der Waals surface area contributed by atoms with Crippen LogP contribution in [-0.4, -0.2) is 60.8 Å². The number of methoxy groups -OCH3 is 1. The van der Waals surface area contributed by atoms with Gasteiger partial charge in [-0.25, -0.2) is 0 Å². The number of allylic oxidation sites excluding steroid dienone is 3. The SMILES string of the molecule is CCC[C@@H](C)CCC/C(C)=C/COC(=O)CC[C@@H]1/C2=C3/c4[n-]c(c(C)c4C(=O)[C@@H]3C(=O)OC)/C=c3\[n-]/c(c(C=O)c3CC)=C\c3[n-]c(c(C)c3CC)/C=C(\[N-]2)[C@H]1C.[Mg+2]. The maximum atomic E-state index is 14.3. The van der Waals surface area contributed by atoms with Gasteiger partial charge in [-0.05, 0) is 76.7 Å². The van der Waals surface area contributed by atoms with Gasteiger partial charge < -0.3 is 29.7 Å². The number of hydrogen-bond donors (Lipinski definition) is 0. The summed E-state index contributed by atoms with van der Waals surface area (Å²) in [4.78, 5) is 68.6. The first kappa shape index (κ1) is 44.7. The van der Waals surface area contributed by atoms with E-state index in [9.17, 15) is 19.2 Å². The van der Waals surface area contributed by atoms with Crippen LogP contribution in [0.25, 0.3) is 29.1 Å². The molecule has 1 fully saturated rings. The predicted molar refractivity (Wildman–Crippen MR) is 228 cm³/mol. The van der Waals surface area contributed by atoms with Crippen LogP contribution in [0.15, 0.2) is 23.0 Å². The van der Waals surface area contributed by atoms with Gasteiger partial charge in [0.1, 0.15) is 18.8 Å². The number of rotatable bonds is 15. The van der Waals surface area contributed by atoms with Crippen LogP contribution in [0.5, 0.6) is 0 Å². The number of hydrogen-bond acceptors (Lipinski definition) is 6. The van der Waals surface area contributed by atoms with E-state index in [1.54, 1.807) is 0 Å². The van der Waals surface area contributed by atoms with Gasteiger partial charge in [0, 0.05) is 17.5 Å². The molecule has 1 saturated heterocycles. The number of ketones is 1. The summed E-state index contributed by atoms with van der Waals surface area (Å²) < 4.78 is 10.9. The fourth-order valence-corrected chi connectivity index (χ4v) is 8.91. The first-order valence-corrected chi connectivity index (χ1v) is 20.7. The summed E-state index contributed by atoms with van der Waals surface area (Å²) in [7, 11) is 1.27. The molecule has 0 N–H and O–H groups in total. The minimum Gasteiger partial charge on any atom is -0.664 e. The number of fused-ring (bicyclic) bond motifs is 7. The molecule has 3 aromatic heterocycles. The standard InChI is InChI=1S/C47H57N4O6.Mg/c1-10-14-25(4)15-13-16-26(5)19-20-57-40(53)18-17-32-28(7)35-21-34-27(6)30(11-2)37(48-34)23-39-33(24-52)31(12-3)38(49-39)22-36-29(8)41-45(51-36)42(44(32)50-35)43(46(41)54)47(55)56-9;/h19,21-25,28,32,43H,10-18,20H2,1-9H3,(H-,50,51,52,54);/q-3;+2/p-1/b26-19+,35-21-,39-23-;/t25-,28+,32+,43-;/m1./s1. The van der Waals surface area contributed by atoms with Gasteiger partial charge in [-0.15, -0.1) is 33.5 Å². The molecule has 58 heavy (non-hydrogen) atoms. The molecule has 3 aliphatic rings. The topological polar surface area (TPSA) is 143 Å². The van der Waals surface area contributed by atoms with Gasteiger partial charge in [0.05, 0.1) is 7.11 Å². The third kappa shape index (κ3) is 8.67. The van der Waals surface area contributed by atoms with Gasteiger partial charge >= 0.3 is 35.0 Å². The Morgan fingerprint density at radius 1 is 0.914 bits per heavy atom. The second-order valence-electron chi connectivity index (χ2n) is 16.0. The van der Waals surface area contributed by atoms with Crippen molar-refractivity contribution in [2.75, 3.05) is 13.7 Å². The van der Waals surface area contributed by atoms with E-state index in [4.69, 9.17) is 29.7 Å². The molecular formula is C47H56MgN4O6-2. The van der Waals surface area contributed by atoms with Gasteiger partial charge in [0.15, 0.2) is 5.78 Å². The zero-order chi connectivity index (χ0) is 41.1. The number of nitrogens with zero attached hydrogens (tertiary/aromatic N) is 4. The van der Waals surface area contributed by atoms with E-state index in [2.05, 4.69) is 34.6 Å².